The SMILES string of the molecule is CNc1snc(C)c1C(=O)N[C@H]1CCC[C@H](C)C1. The summed E-state index contributed by atoms with van der Waals surface area (Å²) in [6, 6.07) is 0.324. The third kappa shape index (κ3) is 2.83. The molecule has 0 unspecified atom stereocenters. The molecule has 1 saturated carbocycles. The van der Waals surface area contributed by atoms with Crippen LogP contribution in [0.1, 0.15) is 48.7 Å². The zero-order valence-corrected chi connectivity index (χ0v) is 12.1. The normalized spacial score (nSPS) is 23.7. The number of rotatable bonds is 3. The lowest BCUT2D eigenvalue weighted by Crippen LogP contribution is -2.38. The molecule has 1 aliphatic rings. The molecule has 5 heteroatoms. The quantitative estimate of drug-likeness (QED) is 0.885. The summed E-state index contributed by atoms with van der Waals surface area (Å²) in [5, 5.41) is 7.05. The van der Waals surface area contributed by atoms with Crippen molar-refractivity contribution in [3.05, 3.63) is 11.3 Å². The number of nitrogens with one attached hydrogen (secondary N) is 2. The van der Waals surface area contributed by atoms with Gasteiger partial charge >= 0.3 is 0 Å². The van der Waals surface area contributed by atoms with E-state index < -0.39 is 0 Å². The van der Waals surface area contributed by atoms with E-state index >= 15 is 0 Å². The molecule has 0 aromatic carbocycles. The van der Waals surface area contributed by atoms with Gasteiger partial charge in [-0.15, -0.1) is 0 Å². The largest absolute Gasteiger partial charge is 0.378 e. The molecule has 0 aliphatic heterocycles. The molecule has 2 N–H and O–H groups in total. The van der Waals surface area contributed by atoms with Gasteiger partial charge in [-0.1, -0.05) is 19.8 Å². The van der Waals surface area contributed by atoms with Crippen molar-refractivity contribution in [2.75, 3.05) is 12.4 Å². The first-order valence-corrected chi connectivity index (χ1v) is 7.34. The number of amides is 1. The van der Waals surface area contributed by atoms with Gasteiger partial charge in [0.05, 0.1) is 11.3 Å². The fourth-order valence-electron chi connectivity index (χ4n) is 2.63. The number of hydrogen-bond donors (Lipinski definition) is 2. The van der Waals surface area contributed by atoms with Crippen LogP contribution in [-0.2, 0) is 0 Å². The van der Waals surface area contributed by atoms with Gasteiger partial charge in [0, 0.05) is 13.1 Å². The topological polar surface area (TPSA) is 54.0 Å². The first-order valence-electron chi connectivity index (χ1n) is 6.56. The monoisotopic (exact) mass is 267 g/mol. The molecular formula is C13H21N3OS. The van der Waals surface area contributed by atoms with Crippen LogP contribution in [0.5, 0.6) is 0 Å². The number of carbonyl (C=O) groups is 1. The van der Waals surface area contributed by atoms with Crippen molar-refractivity contribution in [3.63, 3.8) is 0 Å². The third-order valence-corrected chi connectivity index (χ3v) is 4.54. The molecule has 18 heavy (non-hydrogen) atoms. The lowest BCUT2D eigenvalue weighted by Gasteiger charge is -2.27. The first kappa shape index (κ1) is 13.3. The minimum absolute atomic E-state index is 0.0182. The number of aromatic nitrogens is 1. The van der Waals surface area contributed by atoms with Crippen molar-refractivity contribution < 1.29 is 4.79 Å². The number of aryl methyl sites for hydroxylation is 1. The van der Waals surface area contributed by atoms with Crippen molar-refractivity contribution in [2.45, 2.75) is 45.6 Å². The summed E-state index contributed by atoms with van der Waals surface area (Å²) in [4.78, 5) is 12.3. The van der Waals surface area contributed by atoms with Crippen molar-refractivity contribution in [3.8, 4) is 0 Å². The Labute approximate surface area is 112 Å². The molecule has 1 amide bonds. The Morgan fingerprint density at radius 3 is 2.89 bits per heavy atom. The molecule has 0 radical (unpaired) electrons. The van der Waals surface area contributed by atoms with Crippen LogP contribution in [-0.4, -0.2) is 23.4 Å². The van der Waals surface area contributed by atoms with E-state index in [4.69, 9.17) is 0 Å². The van der Waals surface area contributed by atoms with Crippen LogP contribution in [0.25, 0.3) is 0 Å². The molecule has 1 aromatic rings. The van der Waals surface area contributed by atoms with Crippen LogP contribution >= 0.6 is 11.5 Å². The Kier molecular flexibility index (Phi) is 4.22. The smallest absolute Gasteiger partial charge is 0.256 e. The molecule has 4 nitrogen and oxygen atoms in total. The van der Waals surface area contributed by atoms with E-state index in [9.17, 15) is 4.79 Å². The summed E-state index contributed by atoms with van der Waals surface area (Å²) in [7, 11) is 1.83. The van der Waals surface area contributed by atoms with Gasteiger partial charge in [0.1, 0.15) is 5.00 Å². The van der Waals surface area contributed by atoms with Gasteiger partial charge in [-0.2, -0.15) is 4.37 Å². The van der Waals surface area contributed by atoms with Crippen molar-refractivity contribution in [1.29, 1.82) is 0 Å². The average molecular weight is 267 g/mol. The second-order valence-electron chi connectivity index (χ2n) is 5.16. The van der Waals surface area contributed by atoms with E-state index in [-0.39, 0.29) is 5.91 Å². The molecule has 2 atom stereocenters. The lowest BCUT2D eigenvalue weighted by atomic mass is 9.87. The van der Waals surface area contributed by atoms with Gasteiger partial charge in [0.15, 0.2) is 0 Å². The van der Waals surface area contributed by atoms with Gasteiger partial charge in [0.2, 0.25) is 0 Å². The molecular weight excluding hydrogens is 246 g/mol. The van der Waals surface area contributed by atoms with Crippen molar-refractivity contribution >= 4 is 22.4 Å². The van der Waals surface area contributed by atoms with Gasteiger partial charge in [-0.05, 0) is 37.2 Å². The molecule has 0 spiro atoms. The molecule has 0 bridgehead atoms. The first-order chi connectivity index (χ1) is 8.61. The summed E-state index contributed by atoms with van der Waals surface area (Å²) >= 11 is 1.35. The Balaban J connectivity index is 2.05. The predicted octanol–water partition coefficient (Wildman–Crippen LogP) is 2.80. The van der Waals surface area contributed by atoms with E-state index in [1.54, 1.807) is 0 Å². The number of anilines is 1. The maximum absolute atomic E-state index is 12.3. The highest BCUT2D eigenvalue weighted by Crippen LogP contribution is 2.26. The molecule has 2 rings (SSSR count). The Hall–Kier alpha value is -1.10. The van der Waals surface area contributed by atoms with E-state index in [0.717, 1.165) is 29.5 Å². The van der Waals surface area contributed by atoms with Crippen LogP contribution in [0.4, 0.5) is 5.00 Å². The standard InChI is InChI=1S/C13H21N3OS/c1-8-5-4-6-10(7-8)15-12(17)11-9(2)16-18-13(11)14-3/h8,10,14H,4-7H2,1-3H3,(H,15,17)/t8-,10-/m0/s1. The average Bonchev–Trinajstić information content (AvgIpc) is 2.70. The van der Waals surface area contributed by atoms with Crippen LogP contribution in [0.2, 0.25) is 0 Å². The van der Waals surface area contributed by atoms with Crippen molar-refractivity contribution in [2.24, 2.45) is 5.92 Å². The number of carbonyl (C=O) groups excluding carboxylic acids is 1. The predicted molar refractivity (Wildman–Crippen MR) is 75.3 cm³/mol. The highest BCUT2D eigenvalue weighted by molar-refractivity contribution is 7.10. The molecule has 1 heterocycles. The van der Waals surface area contributed by atoms with Crippen molar-refractivity contribution in [1.82, 2.24) is 9.69 Å². The zero-order chi connectivity index (χ0) is 13.1. The number of nitrogens with zero attached hydrogens (tertiary/aromatic N) is 1. The summed E-state index contributed by atoms with van der Waals surface area (Å²) in [5.41, 5.74) is 1.52. The molecule has 1 fully saturated rings. The van der Waals surface area contributed by atoms with E-state index in [0.29, 0.717) is 11.6 Å². The Morgan fingerprint density at radius 1 is 1.44 bits per heavy atom. The maximum Gasteiger partial charge on any atom is 0.256 e. The summed E-state index contributed by atoms with van der Waals surface area (Å²) in [5.74, 6) is 0.735. The molecule has 1 aromatic heterocycles. The second kappa shape index (κ2) is 5.69. The molecule has 1 aliphatic carbocycles. The van der Waals surface area contributed by atoms with Gasteiger partial charge in [0.25, 0.3) is 5.91 Å². The van der Waals surface area contributed by atoms with E-state index in [2.05, 4.69) is 21.9 Å². The zero-order valence-electron chi connectivity index (χ0n) is 11.2. The van der Waals surface area contributed by atoms with Crippen LogP contribution in [0.3, 0.4) is 0 Å². The summed E-state index contributed by atoms with van der Waals surface area (Å²) < 4.78 is 4.23. The number of hydrogen-bond acceptors (Lipinski definition) is 4. The van der Waals surface area contributed by atoms with Gasteiger partial charge in [-0.25, -0.2) is 0 Å². The third-order valence-electron chi connectivity index (χ3n) is 3.59. The minimum Gasteiger partial charge on any atom is -0.378 e. The van der Waals surface area contributed by atoms with E-state index in [1.165, 1.54) is 24.4 Å². The summed E-state index contributed by atoms with van der Waals surface area (Å²) in [6.45, 7) is 4.14. The second-order valence-corrected chi connectivity index (χ2v) is 5.94. The van der Waals surface area contributed by atoms with Crippen LogP contribution < -0.4 is 10.6 Å². The van der Waals surface area contributed by atoms with Crippen LogP contribution in [0.15, 0.2) is 0 Å². The molecule has 100 valence electrons. The Morgan fingerprint density at radius 2 is 2.22 bits per heavy atom. The molecule has 0 saturated heterocycles. The Bertz CT molecular complexity index is 430. The van der Waals surface area contributed by atoms with Crippen LogP contribution in [0, 0.1) is 12.8 Å². The summed E-state index contributed by atoms with van der Waals surface area (Å²) in [6.07, 6.45) is 4.69. The highest BCUT2D eigenvalue weighted by atomic mass is 32.1. The van der Waals surface area contributed by atoms with Gasteiger partial charge in [-0.3, -0.25) is 4.79 Å². The fraction of sp³-hybridized carbons (Fsp3) is 0.692. The van der Waals surface area contributed by atoms with E-state index in [1.807, 2.05) is 14.0 Å². The fourth-order valence-corrected chi connectivity index (χ4v) is 3.37. The lowest BCUT2D eigenvalue weighted by molar-refractivity contribution is 0.0922. The van der Waals surface area contributed by atoms with Gasteiger partial charge < -0.3 is 10.6 Å². The minimum atomic E-state index is 0.0182. The highest BCUT2D eigenvalue weighted by Gasteiger charge is 2.24. The maximum atomic E-state index is 12.3.